The van der Waals surface area contributed by atoms with Crippen molar-refractivity contribution < 1.29 is 9.53 Å². The minimum absolute atomic E-state index is 0.378. The number of pyridine rings is 1. The Bertz CT molecular complexity index is 442. The second-order valence-electron chi connectivity index (χ2n) is 5.30. The maximum absolute atomic E-state index is 11.5. The molecule has 1 aliphatic rings. The summed E-state index contributed by atoms with van der Waals surface area (Å²) in [6, 6.07) is 5.50. The Morgan fingerprint density at radius 1 is 1.45 bits per heavy atom. The van der Waals surface area contributed by atoms with Crippen LogP contribution >= 0.6 is 0 Å². The summed E-state index contributed by atoms with van der Waals surface area (Å²) in [5.74, 6) is 0.388. The van der Waals surface area contributed by atoms with E-state index in [1.54, 1.807) is 6.07 Å². The van der Waals surface area contributed by atoms with Gasteiger partial charge in [0.2, 0.25) is 0 Å². The van der Waals surface area contributed by atoms with Crippen LogP contribution < -0.4 is 5.73 Å². The molecule has 1 fully saturated rings. The number of hydrogen-bond acceptors (Lipinski definition) is 5. The highest BCUT2D eigenvalue weighted by molar-refractivity contribution is 5.87. The van der Waals surface area contributed by atoms with Crippen molar-refractivity contribution in [1.29, 1.82) is 0 Å². The second-order valence-corrected chi connectivity index (χ2v) is 5.30. The first-order chi connectivity index (χ1) is 9.72. The van der Waals surface area contributed by atoms with Gasteiger partial charge in [-0.25, -0.2) is 9.78 Å². The molecule has 2 rings (SSSR count). The third-order valence-electron chi connectivity index (χ3n) is 3.87. The first kappa shape index (κ1) is 14.9. The van der Waals surface area contributed by atoms with Crippen LogP contribution in [0.2, 0.25) is 0 Å². The quantitative estimate of drug-likeness (QED) is 0.825. The van der Waals surface area contributed by atoms with E-state index in [1.165, 1.54) is 20.0 Å². The predicted molar refractivity (Wildman–Crippen MR) is 77.2 cm³/mol. The number of nitrogens with zero attached hydrogens (tertiary/aromatic N) is 2. The lowest BCUT2D eigenvalue weighted by molar-refractivity contribution is 0.0593. The molecule has 1 aromatic heterocycles. The highest BCUT2D eigenvalue weighted by atomic mass is 16.5. The van der Waals surface area contributed by atoms with Gasteiger partial charge in [0.15, 0.2) is 0 Å². The minimum Gasteiger partial charge on any atom is -0.464 e. The van der Waals surface area contributed by atoms with E-state index < -0.39 is 0 Å². The van der Waals surface area contributed by atoms with Crippen LogP contribution in [0.4, 0.5) is 0 Å². The number of rotatable bonds is 5. The number of nitrogens with two attached hydrogens (primary N) is 1. The summed E-state index contributed by atoms with van der Waals surface area (Å²) in [7, 11) is 1.37. The average molecular weight is 277 g/mol. The number of aromatic nitrogens is 1. The lowest BCUT2D eigenvalue weighted by Gasteiger charge is -2.31. The van der Waals surface area contributed by atoms with E-state index in [1.807, 2.05) is 12.1 Å². The number of hydrogen-bond donors (Lipinski definition) is 1. The van der Waals surface area contributed by atoms with Crippen LogP contribution in [-0.2, 0) is 11.3 Å². The van der Waals surface area contributed by atoms with Gasteiger partial charge < -0.3 is 10.5 Å². The number of carbonyl (C=O) groups is 1. The van der Waals surface area contributed by atoms with Crippen LogP contribution in [0, 0.1) is 5.92 Å². The summed E-state index contributed by atoms with van der Waals surface area (Å²) in [6.45, 7) is 3.73. The summed E-state index contributed by atoms with van der Waals surface area (Å²) in [6.07, 6.45) is 3.53. The van der Waals surface area contributed by atoms with Gasteiger partial charge in [-0.1, -0.05) is 6.07 Å². The van der Waals surface area contributed by atoms with Crippen LogP contribution in [0.3, 0.4) is 0 Å². The zero-order valence-electron chi connectivity index (χ0n) is 12.0. The molecule has 20 heavy (non-hydrogen) atoms. The van der Waals surface area contributed by atoms with Gasteiger partial charge in [0, 0.05) is 6.54 Å². The Kier molecular flexibility index (Phi) is 5.49. The normalized spacial score (nSPS) is 17.1. The molecule has 0 aliphatic carbocycles. The van der Waals surface area contributed by atoms with Gasteiger partial charge in [0.1, 0.15) is 5.69 Å². The molecule has 0 aromatic carbocycles. The fourth-order valence-electron chi connectivity index (χ4n) is 2.68. The van der Waals surface area contributed by atoms with Crippen molar-refractivity contribution in [1.82, 2.24) is 9.88 Å². The fraction of sp³-hybridized carbons (Fsp3) is 0.600. The number of methoxy groups -OCH3 is 1. The van der Waals surface area contributed by atoms with E-state index in [4.69, 9.17) is 10.5 Å². The van der Waals surface area contributed by atoms with E-state index in [0.717, 1.165) is 44.2 Å². The highest BCUT2D eigenvalue weighted by Crippen LogP contribution is 2.20. The molecule has 110 valence electrons. The standard InChI is InChI=1S/C15H23N3O2/c1-20-15(19)14-4-2-3-13(17-14)11-18-9-6-12(5-8-16)7-10-18/h2-4,12H,5-11,16H2,1H3. The Morgan fingerprint density at radius 3 is 2.85 bits per heavy atom. The first-order valence-corrected chi connectivity index (χ1v) is 7.19. The molecule has 0 bridgehead atoms. The van der Waals surface area contributed by atoms with Crippen molar-refractivity contribution in [2.24, 2.45) is 11.7 Å². The van der Waals surface area contributed by atoms with Crippen molar-refractivity contribution in [3.63, 3.8) is 0 Å². The molecule has 0 atom stereocenters. The molecule has 0 radical (unpaired) electrons. The first-order valence-electron chi connectivity index (χ1n) is 7.19. The third-order valence-corrected chi connectivity index (χ3v) is 3.87. The van der Waals surface area contributed by atoms with Gasteiger partial charge in [0.25, 0.3) is 0 Å². The van der Waals surface area contributed by atoms with Crippen LogP contribution in [-0.4, -0.2) is 42.6 Å². The Balaban J connectivity index is 1.89. The molecule has 0 saturated carbocycles. The highest BCUT2D eigenvalue weighted by Gasteiger charge is 2.19. The van der Waals surface area contributed by atoms with Crippen molar-refractivity contribution in [2.45, 2.75) is 25.8 Å². The molecule has 0 unspecified atom stereocenters. The third kappa shape index (κ3) is 4.02. The number of likely N-dealkylation sites (tertiary alicyclic amines) is 1. The smallest absolute Gasteiger partial charge is 0.356 e. The Labute approximate surface area is 120 Å². The molecule has 5 heteroatoms. The molecule has 1 saturated heterocycles. The maximum atomic E-state index is 11.5. The van der Waals surface area contributed by atoms with Gasteiger partial charge in [-0.05, 0) is 56.9 Å². The van der Waals surface area contributed by atoms with E-state index >= 15 is 0 Å². The molecule has 5 nitrogen and oxygen atoms in total. The zero-order valence-corrected chi connectivity index (χ0v) is 12.0. The summed E-state index contributed by atoms with van der Waals surface area (Å²) in [4.78, 5) is 18.2. The Morgan fingerprint density at radius 2 is 2.20 bits per heavy atom. The van der Waals surface area contributed by atoms with Crippen LogP contribution in [0.1, 0.15) is 35.4 Å². The monoisotopic (exact) mass is 277 g/mol. The average Bonchev–Trinajstić information content (AvgIpc) is 2.49. The summed E-state index contributed by atoms with van der Waals surface area (Å²) in [5, 5.41) is 0. The fourth-order valence-corrected chi connectivity index (χ4v) is 2.68. The number of ether oxygens (including phenoxy) is 1. The molecular formula is C15H23N3O2. The molecular weight excluding hydrogens is 254 g/mol. The maximum Gasteiger partial charge on any atom is 0.356 e. The van der Waals surface area contributed by atoms with E-state index in [-0.39, 0.29) is 5.97 Å². The van der Waals surface area contributed by atoms with Crippen molar-refractivity contribution in [3.8, 4) is 0 Å². The number of carbonyl (C=O) groups excluding carboxylic acids is 1. The van der Waals surface area contributed by atoms with Crippen LogP contribution in [0.25, 0.3) is 0 Å². The van der Waals surface area contributed by atoms with Crippen LogP contribution in [0.5, 0.6) is 0 Å². The van der Waals surface area contributed by atoms with Gasteiger partial charge >= 0.3 is 5.97 Å². The molecule has 0 spiro atoms. The molecule has 2 heterocycles. The SMILES string of the molecule is COC(=O)c1cccc(CN2CCC(CCN)CC2)n1. The molecule has 2 N–H and O–H groups in total. The molecule has 0 amide bonds. The topological polar surface area (TPSA) is 68.5 Å². The largest absolute Gasteiger partial charge is 0.464 e. The van der Waals surface area contributed by atoms with Crippen molar-refractivity contribution in [2.75, 3.05) is 26.7 Å². The lowest BCUT2D eigenvalue weighted by atomic mass is 9.93. The van der Waals surface area contributed by atoms with E-state index in [0.29, 0.717) is 5.69 Å². The Hall–Kier alpha value is -1.46. The minimum atomic E-state index is -0.381. The lowest BCUT2D eigenvalue weighted by Crippen LogP contribution is -2.34. The molecule has 1 aromatic rings. The van der Waals surface area contributed by atoms with E-state index in [9.17, 15) is 4.79 Å². The van der Waals surface area contributed by atoms with Gasteiger partial charge in [-0.3, -0.25) is 4.90 Å². The molecule has 1 aliphatic heterocycles. The van der Waals surface area contributed by atoms with Gasteiger partial charge in [-0.2, -0.15) is 0 Å². The van der Waals surface area contributed by atoms with Crippen molar-refractivity contribution in [3.05, 3.63) is 29.6 Å². The predicted octanol–water partition coefficient (Wildman–Crippen LogP) is 1.43. The van der Waals surface area contributed by atoms with Gasteiger partial charge in [-0.15, -0.1) is 0 Å². The number of piperidine rings is 1. The number of esters is 1. The zero-order chi connectivity index (χ0) is 14.4. The summed E-state index contributed by atoms with van der Waals surface area (Å²) in [5.41, 5.74) is 6.91. The van der Waals surface area contributed by atoms with Crippen LogP contribution in [0.15, 0.2) is 18.2 Å². The second kappa shape index (κ2) is 7.36. The van der Waals surface area contributed by atoms with E-state index in [2.05, 4.69) is 9.88 Å². The van der Waals surface area contributed by atoms with Gasteiger partial charge in [0.05, 0.1) is 12.8 Å². The summed E-state index contributed by atoms with van der Waals surface area (Å²) >= 11 is 0. The summed E-state index contributed by atoms with van der Waals surface area (Å²) < 4.78 is 4.70. The van der Waals surface area contributed by atoms with Crippen molar-refractivity contribution >= 4 is 5.97 Å².